The third-order valence-electron chi connectivity index (χ3n) is 22.7. The van der Waals surface area contributed by atoms with Gasteiger partial charge in [-0.2, -0.15) is 0 Å². The summed E-state index contributed by atoms with van der Waals surface area (Å²) in [5.74, 6) is 2.72. The maximum atomic E-state index is 13.8. The van der Waals surface area contributed by atoms with Crippen molar-refractivity contribution in [1.29, 1.82) is 0 Å². The van der Waals surface area contributed by atoms with Crippen LogP contribution in [0.25, 0.3) is 0 Å². The highest BCUT2D eigenvalue weighted by Crippen LogP contribution is 2.59. The number of rotatable bonds is 27. The van der Waals surface area contributed by atoms with Crippen LogP contribution in [0.3, 0.4) is 0 Å². The van der Waals surface area contributed by atoms with Crippen molar-refractivity contribution < 1.29 is 9.90 Å². The van der Waals surface area contributed by atoms with Crippen molar-refractivity contribution in [1.82, 2.24) is 0 Å². The van der Waals surface area contributed by atoms with Crippen molar-refractivity contribution in [3.05, 3.63) is 248 Å². The van der Waals surface area contributed by atoms with E-state index in [4.69, 9.17) is 0 Å². The number of hydrogen-bond acceptors (Lipinski definition) is 1. The van der Waals surface area contributed by atoms with Gasteiger partial charge in [0.25, 0.3) is 0 Å². The molecule has 1 N–H and O–H groups in total. The summed E-state index contributed by atoms with van der Waals surface area (Å²) in [6, 6.07) is 31.2. The first kappa shape index (κ1) is 70.8. The molecule has 4 heteroatoms. The second-order valence-electron chi connectivity index (χ2n) is 30.2. The summed E-state index contributed by atoms with van der Waals surface area (Å²) < 4.78 is 1.72. The molecule has 90 heavy (non-hydrogen) atoms. The van der Waals surface area contributed by atoms with Gasteiger partial charge < -0.3 is 5.11 Å². The number of halogens is 2. The zero-order valence-corrected chi connectivity index (χ0v) is 61.2. The molecule has 2 nitrogen and oxygen atoms in total. The number of carboxylic acid groups (broad SMARTS) is 1. The van der Waals surface area contributed by atoms with E-state index < -0.39 is 17.8 Å². The molecule has 0 aromatic heterocycles. The van der Waals surface area contributed by atoms with Crippen molar-refractivity contribution in [3.8, 4) is 0 Å². The van der Waals surface area contributed by atoms with E-state index in [1.165, 1.54) is 22.3 Å². The van der Waals surface area contributed by atoms with Gasteiger partial charge in [0.15, 0.2) is 0 Å². The predicted molar refractivity (Wildman–Crippen MR) is 394 cm³/mol. The van der Waals surface area contributed by atoms with Gasteiger partial charge in [0, 0.05) is 36.5 Å². The number of aliphatic carboxylic acids is 1. The van der Waals surface area contributed by atoms with Gasteiger partial charge in [-0.25, -0.2) is 0 Å². The third-order valence-corrected chi connectivity index (χ3v) is 24.1. The molecule has 0 aliphatic heterocycles. The van der Waals surface area contributed by atoms with E-state index in [2.05, 4.69) is 301 Å². The van der Waals surface area contributed by atoms with Gasteiger partial charge in [0.2, 0.25) is 0 Å². The lowest BCUT2D eigenvalue weighted by molar-refractivity contribution is -0.139. The van der Waals surface area contributed by atoms with E-state index in [0.29, 0.717) is 71.0 Å². The van der Waals surface area contributed by atoms with Crippen LogP contribution in [0.4, 0.5) is 0 Å². The predicted octanol–water partition coefficient (Wildman–Crippen LogP) is 24.2. The molecule has 0 fully saturated rings. The third kappa shape index (κ3) is 13.5. The Morgan fingerprint density at radius 3 is 1.17 bits per heavy atom. The van der Waals surface area contributed by atoms with E-state index >= 15 is 0 Å². The first-order valence-corrected chi connectivity index (χ1v) is 36.6. The van der Waals surface area contributed by atoms with Gasteiger partial charge in [-0.1, -0.05) is 345 Å². The molecule has 0 saturated heterocycles. The molecule has 4 aromatic rings. The molecular formula is C86H112Br2O2. The van der Waals surface area contributed by atoms with Crippen LogP contribution in [0, 0.1) is 82.9 Å². The Morgan fingerprint density at radius 2 is 0.811 bits per heavy atom. The van der Waals surface area contributed by atoms with Crippen molar-refractivity contribution >= 4 is 37.8 Å². The zero-order chi connectivity index (χ0) is 65.5. The Bertz CT molecular complexity index is 3360. The monoisotopic (exact) mass is 1330 g/mol. The topological polar surface area (TPSA) is 37.3 Å². The van der Waals surface area contributed by atoms with Gasteiger partial charge >= 0.3 is 5.97 Å². The van der Waals surface area contributed by atoms with Crippen molar-refractivity contribution in [2.24, 2.45) is 82.9 Å². The Balaban J connectivity index is 1.42. The lowest BCUT2D eigenvalue weighted by Gasteiger charge is -2.52. The van der Waals surface area contributed by atoms with Crippen LogP contribution in [-0.4, -0.2) is 11.1 Å². The van der Waals surface area contributed by atoms with Crippen LogP contribution in [0.5, 0.6) is 0 Å². The molecule has 12 unspecified atom stereocenters. The van der Waals surface area contributed by atoms with Gasteiger partial charge in [0.05, 0.1) is 5.92 Å². The number of carbonyl (C=O) groups is 1. The van der Waals surface area contributed by atoms with Crippen molar-refractivity contribution in [3.63, 3.8) is 0 Å². The standard InChI is InChI=1S/C86H112Br2O2/c1-18-35-64(54-66-37-33-46-75(83(60(10)11)50-29-25-42-71(83)56(2)3)80(66)85(62(14)15)52-31-27-44-73(85)58(6)7)65(36-19-20-40-69(68-39-21-23-48-77(68)87)79(82(89)90)70-41-22-24-49-78(70)88)55-67-38-34-47-76(84(61(12)13)51-30-26-43-72(84)57(4)5)81(67)86(63(16)17)53-32-28-45-74(86)59(8)9/h20-34,37-53,56-65,69,71-74,79H,18-19,35-36,54-55H2,1-17H3,(H,89,90)/b40-20+. The molecule has 0 saturated carbocycles. The van der Waals surface area contributed by atoms with E-state index in [1.54, 1.807) is 11.1 Å². The number of carboxylic acids is 1. The minimum Gasteiger partial charge on any atom is -0.481 e. The Hall–Kier alpha value is -5.03. The summed E-state index contributed by atoms with van der Waals surface area (Å²) in [5, 5.41) is 11.3. The summed E-state index contributed by atoms with van der Waals surface area (Å²) in [6.45, 7) is 41.9. The summed E-state index contributed by atoms with van der Waals surface area (Å²) in [5.41, 5.74) is 9.89. The summed E-state index contributed by atoms with van der Waals surface area (Å²) >= 11 is 7.70. The van der Waals surface area contributed by atoms with Gasteiger partial charge in [0.1, 0.15) is 0 Å². The van der Waals surface area contributed by atoms with Crippen molar-refractivity contribution in [2.75, 3.05) is 0 Å². The lowest BCUT2D eigenvalue weighted by atomic mass is 9.51. The van der Waals surface area contributed by atoms with Gasteiger partial charge in [-0.15, -0.1) is 0 Å². The highest BCUT2D eigenvalue weighted by atomic mass is 79.9. The van der Waals surface area contributed by atoms with E-state index in [9.17, 15) is 9.90 Å². The second kappa shape index (κ2) is 30.4. The van der Waals surface area contributed by atoms with E-state index in [0.717, 1.165) is 58.6 Å². The molecule has 8 rings (SSSR count). The van der Waals surface area contributed by atoms with E-state index in [1.807, 2.05) is 42.5 Å². The number of allylic oxidation sites excluding steroid dienone is 18. The molecule has 0 radical (unpaired) electrons. The van der Waals surface area contributed by atoms with Crippen LogP contribution >= 0.6 is 31.9 Å². The molecule has 482 valence electrons. The average molecular weight is 1340 g/mol. The number of hydrogen-bond donors (Lipinski definition) is 1. The summed E-state index contributed by atoms with van der Waals surface area (Å²) in [4.78, 5) is 13.8. The largest absolute Gasteiger partial charge is 0.481 e. The van der Waals surface area contributed by atoms with Crippen molar-refractivity contribution in [2.45, 2.75) is 190 Å². The Morgan fingerprint density at radius 1 is 0.456 bits per heavy atom. The zero-order valence-electron chi connectivity index (χ0n) is 58.1. The fourth-order valence-electron chi connectivity index (χ4n) is 18.4. The Kier molecular flexibility index (Phi) is 23.9. The highest BCUT2D eigenvalue weighted by molar-refractivity contribution is 9.10. The first-order valence-electron chi connectivity index (χ1n) is 35.0. The minimum absolute atomic E-state index is 0.219. The maximum Gasteiger partial charge on any atom is 0.311 e. The molecule has 4 aromatic carbocycles. The van der Waals surface area contributed by atoms with Crippen LogP contribution in [0.1, 0.15) is 200 Å². The maximum absolute atomic E-state index is 13.8. The van der Waals surface area contributed by atoms with Crippen LogP contribution < -0.4 is 0 Å². The molecule has 4 aliphatic carbocycles. The fraction of sp³-hybridized carbons (Fsp3) is 0.500. The Labute approximate surface area is 564 Å². The fourth-order valence-corrected chi connectivity index (χ4v) is 19.5. The SMILES string of the molecule is CCCC(Cc1cccc(C2(C(C)C)C=CC=CC2C(C)C)c1C1(C(C)C)C=CC=CC1C(C)C)C(CC/C=C/C(c1ccccc1Br)C(C(=O)O)c1ccccc1Br)Cc1cccc(C2(C(C)C)C=CC=CC2C(C)C)c1C1(C(C)C)C=CC=CC1C(C)C. The summed E-state index contributed by atoms with van der Waals surface area (Å²) in [7, 11) is 0. The average Bonchev–Trinajstić information content (AvgIpc) is 0.721. The van der Waals surface area contributed by atoms with Gasteiger partial charge in [-0.3, -0.25) is 4.79 Å². The van der Waals surface area contributed by atoms with Crippen LogP contribution in [0.15, 0.2) is 203 Å². The van der Waals surface area contributed by atoms with E-state index in [-0.39, 0.29) is 33.5 Å². The summed E-state index contributed by atoms with van der Waals surface area (Å²) in [6.07, 6.45) is 49.9. The van der Waals surface area contributed by atoms with Crippen LogP contribution in [0.2, 0.25) is 0 Å². The quantitative estimate of drug-likeness (QED) is 0.0604. The second-order valence-corrected chi connectivity index (χ2v) is 31.9. The molecule has 4 aliphatic rings. The molecule has 0 bridgehead atoms. The molecule has 0 spiro atoms. The smallest absolute Gasteiger partial charge is 0.311 e. The molecule has 12 atom stereocenters. The molecular weight excluding hydrogens is 1220 g/mol. The van der Waals surface area contributed by atoms with Gasteiger partial charge in [-0.05, 0) is 165 Å². The minimum atomic E-state index is -0.841. The first-order chi connectivity index (χ1) is 42.9. The lowest BCUT2D eigenvalue weighted by Crippen LogP contribution is -2.48. The number of benzene rings is 4. The highest BCUT2D eigenvalue weighted by Gasteiger charge is 2.53. The van der Waals surface area contributed by atoms with Crippen LogP contribution in [-0.2, 0) is 39.3 Å². The molecule has 0 heterocycles. The molecule has 0 amide bonds. The normalized spacial score (nSPS) is 26.3.